The molecule has 20 heavy (non-hydrogen) atoms. The van der Waals surface area contributed by atoms with Crippen molar-refractivity contribution in [2.75, 3.05) is 6.61 Å². The molecule has 0 saturated heterocycles. The van der Waals surface area contributed by atoms with Crippen molar-refractivity contribution in [3.63, 3.8) is 0 Å². The van der Waals surface area contributed by atoms with Gasteiger partial charge in [0.1, 0.15) is 18.0 Å². The third kappa shape index (κ3) is 3.08. The summed E-state index contributed by atoms with van der Waals surface area (Å²) in [6.45, 7) is 4.39. The van der Waals surface area contributed by atoms with E-state index < -0.39 is 11.0 Å². The molecule has 1 aliphatic rings. The fraction of sp³-hybridized carbons (Fsp3) is 0.571. The molecule has 0 spiro atoms. The molecule has 2 rings (SSSR count). The van der Waals surface area contributed by atoms with Crippen molar-refractivity contribution in [2.24, 2.45) is 0 Å². The fourth-order valence-corrected chi connectivity index (χ4v) is 2.14. The summed E-state index contributed by atoms with van der Waals surface area (Å²) in [6, 6.07) is 4.52. The highest BCUT2D eigenvalue weighted by Gasteiger charge is 2.43. The van der Waals surface area contributed by atoms with Gasteiger partial charge in [0.15, 0.2) is 0 Å². The van der Waals surface area contributed by atoms with Crippen LogP contribution in [0.5, 0.6) is 5.75 Å². The third-order valence-corrected chi connectivity index (χ3v) is 3.39. The number of hydrogen-bond acceptors (Lipinski definition) is 5. The molecule has 110 valence electrons. The summed E-state index contributed by atoms with van der Waals surface area (Å²) in [4.78, 5) is 10.3. The highest BCUT2D eigenvalue weighted by molar-refractivity contribution is 5.43. The molecule has 0 bridgehead atoms. The first kappa shape index (κ1) is 14.7. The van der Waals surface area contributed by atoms with Gasteiger partial charge < -0.3 is 14.6 Å². The van der Waals surface area contributed by atoms with Gasteiger partial charge in [-0.15, -0.1) is 0 Å². The molecule has 6 heteroatoms. The highest BCUT2D eigenvalue weighted by Crippen LogP contribution is 2.32. The number of aliphatic hydroxyl groups excluding tert-OH is 1. The number of aliphatic hydroxyl groups is 1. The molecule has 0 heterocycles. The maximum atomic E-state index is 10.8. The maximum Gasteiger partial charge on any atom is 0.273 e. The lowest BCUT2D eigenvalue weighted by Crippen LogP contribution is -2.55. The first-order valence-corrected chi connectivity index (χ1v) is 6.74. The van der Waals surface area contributed by atoms with Crippen molar-refractivity contribution in [1.29, 1.82) is 0 Å². The zero-order valence-electron chi connectivity index (χ0n) is 11.6. The van der Waals surface area contributed by atoms with Gasteiger partial charge in [0.2, 0.25) is 0 Å². The van der Waals surface area contributed by atoms with E-state index in [4.69, 9.17) is 9.47 Å². The fourth-order valence-electron chi connectivity index (χ4n) is 2.14. The number of aryl methyl sites for hydroxylation is 1. The van der Waals surface area contributed by atoms with Crippen molar-refractivity contribution in [1.82, 2.24) is 0 Å². The maximum absolute atomic E-state index is 10.8. The predicted octanol–water partition coefficient (Wildman–Crippen LogP) is 2.21. The minimum Gasteiger partial charge on any atom is -0.487 e. The lowest BCUT2D eigenvalue weighted by molar-refractivity contribution is -0.385. The molecule has 1 aromatic carbocycles. The van der Waals surface area contributed by atoms with Gasteiger partial charge in [-0.05, 0) is 25.0 Å². The van der Waals surface area contributed by atoms with E-state index in [1.54, 1.807) is 6.07 Å². The van der Waals surface area contributed by atoms with Crippen LogP contribution in [0.25, 0.3) is 0 Å². The molecule has 0 aliphatic heterocycles. The molecule has 3 unspecified atom stereocenters. The number of nitro groups is 1. The summed E-state index contributed by atoms with van der Waals surface area (Å²) in [5.74, 6) is 0.473. The van der Waals surface area contributed by atoms with Crippen LogP contribution >= 0.6 is 0 Å². The van der Waals surface area contributed by atoms with Crippen LogP contribution in [0.4, 0.5) is 5.69 Å². The van der Waals surface area contributed by atoms with E-state index in [1.807, 2.05) is 13.8 Å². The van der Waals surface area contributed by atoms with Gasteiger partial charge >= 0.3 is 0 Å². The Morgan fingerprint density at radius 1 is 1.50 bits per heavy atom. The molecule has 1 saturated carbocycles. The van der Waals surface area contributed by atoms with Crippen molar-refractivity contribution < 1.29 is 19.5 Å². The molecule has 3 atom stereocenters. The standard InChI is InChI=1S/C14H19NO5/c1-3-6-19-14-11(16)8-13(14)20-12-7-10(15(17)18)5-4-9(12)2/h4-5,7,11,13-14,16H,3,6,8H2,1-2H3. The quantitative estimate of drug-likeness (QED) is 0.638. The van der Waals surface area contributed by atoms with Crippen LogP contribution in [0.15, 0.2) is 18.2 Å². The Morgan fingerprint density at radius 3 is 2.85 bits per heavy atom. The second-order valence-corrected chi connectivity index (χ2v) is 5.00. The van der Waals surface area contributed by atoms with Crippen LogP contribution in [-0.4, -0.2) is 34.9 Å². The molecule has 1 aromatic rings. The summed E-state index contributed by atoms with van der Waals surface area (Å²) in [5.41, 5.74) is 0.822. The summed E-state index contributed by atoms with van der Waals surface area (Å²) >= 11 is 0. The van der Waals surface area contributed by atoms with E-state index in [0.29, 0.717) is 18.8 Å². The van der Waals surface area contributed by atoms with Gasteiger partial charge in [0.05, 0.1) is 17.1 Å². The first-order chi connectivity index (χ1) is 9.52. The van der Waals surface area contributed by atoms with Crippen LogP contribution < -0.4 is 4.74 Å². The van der Waals surface area contributed by atoms with Gasteiger partial charge in [-0.25, -0.2) is 0 Å². The van der Waals surface area contributed by atoms with E-state index in [9.17, 15) is 15.2 Å². The zero-order valence-corrected chi connectivity index (χ0v) is 11.6. The summed E-state index contributed by atoms with van der Waals surface area (Å²) in [5, 5.41) is 20.5. The third-order valence-electron chi connectivity index (χ3n) is 3.39. The Morgan fingerprint density at radius 2 is 2.25 bits per heavy atom. The molecular weight excluding hydrogens is 262 g/mol. The monoisotopic (exact) mass is 281 g/mol. The number of benzene rings is 1. The normalized spacial score (nSPS) is 25.1. The predicted molar refractivity (Wildman–Crippen MR) is 72.9 cm³/mol. The van der Waals surface area contributed by atoms with Crippen LogP contribution in [0, 0.1) is 17.0 Å². The molecule has 6 nitrogen and oxygen atoms in total. The van der Waals surface area contributed by atoms with Crippen LogP contribution in [0.1, 0.15) is 25.3 Å². The molecule has 0 amide bonds. The number of non-ortho nitro benzene ring substituents is 1. The molecular formula is C14H19NO5. The lowest BCUT2D eigenvalue weighted by atomic mass is 9.88. The minimum absolute atomic E-state index is 0.00324. The van der Waals surface area contributed by atoms with Crippen molar-refractivity contribution in [3.05, 3.63) is 33.9 Å². The van der Waals surface area contributed by atoms with Crippen LogP contribution in [0.3, 0.4) is 0 Å². The summed E-state index contributed by atoms with van der Waals surface area (Å²) < 4.78 is 11.3. The van der Waals surface area contributed by atoms with Crippen molar-refractivity contribution >= 4 is 5.69 Å². The Hall–Kier alpha value is -1.66. The molecule has 0 radical (unpaired) electrons. The van der Waals surface area contributed by atoms with Crippen molar-refractivity contribution in [2.45, 2.75) is 45.0 Å². The minimum atomic E-state index is -0.523. The second kappa shape index (κ2) is 6.19. The Balaban J connectivity index is 2.06. The second-order valence-electron chi connectivity index (χ2n) is 5.00. The van der Waals surface area contributed by atoms with E-state index in [2.05, 4.69) is 0 Å². The van der Waals surface area contributed by atoms with Crippen LogP contribution in [-0.2, 0) is 4.74 Å². The van der Waals surface area contributed by atoms with E-state index in [0.717, 1.165) is 12.0 Å². The van der Waals surface area contributed by atoms with Crippen LogP contribution in [0.2, 0.25) is 0 Å². The number of nitro benzene ring substituents is 1. The Kier molecular flexibility index (Phi) is 4.57. The number of nitrogens with zero attached hydrogens (tertiary/aromatic N) is 1. The lowest BCUT2D eigenvalue weighted by Gasteiger charge is -2.41. The molecule has 0 aromatic heterocycles. The average molecular weight is 281 g/mol. The van der Waals surface area contributed by atoms with Gasteiger partial charge in [-0.2, -0.15) is 0 Å². The summed E-state index contributed by atoms with van der Waals surface area (Å²) in [6.07, 6.45) is 0.221. The molecule has 1 aliphatic carbocycles. The van der Waals surface area contributed by atoms with E-state index >= 15 is 0 Å². The van der Waals surface area contributed by atoms with Crippen molar-refractivity contribution in [3.8, 4) is 5.75 Å². The topological polar surface area (TPSA) is 81.8 Å². The van der Waals surface area contributed by atoms with Gasteiger partial charge in [-0.1, -0.05) is 6.92 Å². The van der Waals surface area contributed by atoms with Gasteiger partial charge in [-0.3, -0.25) is 10.1 Å². The average Bonchev–Trinajstić information content (AvgIpc) is 2.40. The van der Waals surface area contributed by atoms with E-state index in [-0.39, 0.29) is 17.9 Å². The van der Waals surface area contributed by atoms with Gasteiger partial charge in [0.25, 0.3) is 5.69 Å². The molecule has 1 N–H and O–H groups in total. The Labute approximate surface area is 117 Å². The SMILES string of the molecule is CCCOC1C(O)CC1Oc1cc([N+](=O)[O-])ccc1C. The van der Waals surface area contributed by atoms with Gasteiger partial charge in [0, 0.05) is 19.1 Å². The molecule has 1 fully saturated rings. The summed E-state index contributed by atoms with van der Waals surface area (Å²) in [7, 11) is 0. The number of ether oxygens (including phenoxy) is 2. The van der Waals surface area contributed by atoms with E-state index in [1.165, 1.54) is 12.1 Å². The zero-order chi connectivity index (χ0) is 14.7. The number of rotatable bonds is 6. The highest BCUT2D eigenvalue weighted by atomic mass is 16.6. The smallest absolute Gasteiger partial charge is 0.273 e. The number of hydrogen-bond donors (Lipinski definition) is 1. The largest absolute Gasteiger partial charge is 0.487 e. The Bertz CT molecular complexity index is 490. The first-order valence-electron chi connectivity index (χ1n) is 6.74.